The third-order valence-corrected chi connectivity index (χ3v) is 3.48. The van der Waals surface area contributed by atoms with E-state index in [1.165, 1.54) is 0 Å². The molecule has 0 bridgehead atoms. The number of hydrogen-bond donors (Lipinski definition) is 1. The SMILES string of the molecule is COc1ccc(-c2noc(CN3CC[C@@H](N)C3)n2)cc1. The van der Waals surface area contributed by atoms with Crippen molar-refractivity contribution in [3.8, 4) is 17.1 Å². The topological polar surface area (TPSA) is 77.4 Å². The number of benzene rings is 1. The third-order valence-electron chi connectivity index (χ3n) is 3.48. The molecule has 0 amide bonds. The first-order valence-corrected chi connectivity index (χ1v) is 6.69. The molecule has 0 spiro atoms. The number of nitrogens with two attached hydrogens (primary N) is 1. The number of methoxy groups -OCH3 is 1. The van der Waals surface area contributed by atoms with Gasteiger partial charge >= 0.3 is 0 Å². The first-order valence-electron chi connectivity index (χ1n) is 6.69. The van der Waals surface area contributed by atoms with Crippen molar-refractivity contribution in [1.82, 2.24) is 15.0 Å². The zero-order chi connectivity index (χ0) is 13.9. The lowest BCUT2D eigenvalue weighted by molar-refractivity contribution is 0.265. The van der Waals surface area contributed by atoms with Crippen LogP contribution >= 0.6 is 0 Å². The summed E-state index contributed by atoms with van der Waals surface area (Å²) in [6.45, 7) is 2.54. The van der Waals surface area contributed by atoms with Crippen LogP contribution in [0.3, 0.4) is 0 Å². The molecular formula is C14H18N4O2. The fraction of sp³-hybridized carbons (Fsp3) is 0.429. The Morgan fingerprint density at radius 1 is 1.40 bits per heavy atom. The van der Waals surface area contributed by atoms with Crippen molar-refractivity contribution in [3.05, 3.63) is 30.2 Å². The van der Waals surface area contributed by atoms with Crippen LogP contribution in [0, 0.1) is 0 Å². The van der Waals surface area contributed by atoms with Crippen molar-refractivity contribution in [2.24, 2.45) is 5.73 Å². The molecule has 1 saturated heterocycles. The summed E-state index contributed by atoms with van der Waals surface area (Å²) in [7, 11) is 1.64. The highest BCUT2D eigenvalue weighted by Gasteiger charge is 2.21. The molecule has 20 heavy (non-hydrogen) atoms. The van der Waals surface area contributed by atoms with Crippen LogP contribution in [0.1, 0.15) is 12.3 Å². The molecule has 0 aliphatic carbocycles. The van der Waals surface area contributed by atoms with Gasteiger partial charge in [0.1, 0.15) is 5.75 Å². The van der Waals surface area contributed by atoms with Crippen LogP contribution in [0.2, 0.25) is 0 Å². The van der Waals surface area contributed by atoms with E-state index in [0.717, 1.165) is 30.8 Å². The molecule has 2 N–H and O–H groups in total. The maximum atomic E-state index is 5.88. The molecule has 1 aromatic heterocycles. The van der Waals surface area contributed by atoms with Crippen LogP contribution in [0.25, 0.3) is 11.4 Å². The fourth-order valence-electron chi connectivity index (χ4n) is 2.37. The first kappa shape index (κ1) is 13.1. The molecule has 1 fully saturated rings. The summed E-state index contributed by atoms with van der Waals surface area (Å²) in [6.07, 6.45) is 1.03. The summed E-state index contributed by atoms with van der Waals surface area (Å²) in [6, 6.07) is 7.85. The molecule has 2 heterocycles. The molecular weight excluding hydrogens is 256 g/mol. The largest absolute Gasteiger partial charge is 0.497 e. The summed E-state index contributed by atoms with van der Waals surface area (Å²) in [5.74, 6) is 2.04. The van der Waals surface area contributed by atoms with Crippen LogP contribution in [-0.2, 0) is 6.54 Å². The highest BCUT2D eigenvalue weighted by atomic mass is 16.5. The number of nitrogens with zero attached hydrogens (tertiary/aromatic N) is 3. The highest BCUT2D eigenvalue weighted by molar-refractivity contribution is 5.55. The minimum atomic E-state index is 0.263. The Balaban J connectivity index is 1.69. The molecule has 106 valence electrons. The van der Waals surface area contributed by atoms with Gasteiger partial charge in [0.05, 0.1) is 13.7 Å². The van der Waals surface area contributed by atoms with Gasteiger partial charge in [0.2, 0.25) is 11.7 Å². The van der Waals surface area contributed by atoms with Crippen molar-refractivity contribution >= 4 is 0 Å². The van der Waals surface area contributed by atoms with Gasteiger partial charge < -0.3 is 15.0 Å². The van der Waals surface area contributed by atoms with Crippen LogP contribution < -0.4 is 10.5 Å². The Morgan fingerprint density at radius 2 is 2.20 bits per heavy atom. The Kier molecular flexibility index (Phi) is 3.66. The maximum absolute atomic E-state index is 5.88. The molecule has 1 aliphatic heterocycles. The Bertz CT molecular complexity index is 567. The zero-order valence-corrected chi connectivity index (χ0v) is 11.5. The zero-order valence-electron chi connectivity index (χ0n) is 11.5. The number of hydrogen-bond acceptors (Lipinski definition) is 6. The Labute approximate surface area is 117 Å². The van der Waals surface area contributed by atoms with E-state index >= 15 is 0 Å². The van der Waals surface area contributed by atoms with E-state index in [1.807, 2.05) is 24.3 Å². The maximum Gasteiger partial charge on any atom is 0.241 e. The van der Waals surface area contributed by atoms with Gasteiger partial charge in [-0.2, -0.15) is 4.98 Å². The predicted molar refractivity (Wildman–Crippen MR) is 74.2 cm³/mol. The molecule has 0 radical (unpaired) electrons. The monoisotopic (exact) mass is 274 g/mol. The average molecular weight is 274 g/mol. The van der Waals surface area contributed by atoms with Gasteiger partial charge in [0.25, 0.3) is 0 Å². The third kappa shape index (κ3) is 2.81. The number of aromatic nitrogens is 2. The number of rotatable bonds is 4. The summed E-state index contributed by atoms with van der Waals surface area (Å²) in [5.41, 5.74) is 6.80. The minimum Gasteiger partial charge on any atom is -0.497 e. The van der Waals surface area contributed by atoms with Gasteiger partial charge in [-0.15, -0.1) is 0 Å². The fourth-order valence-corrected chi connectivity index (χ4v) is 2.37. The molecule has 3 rings (SSSR count). The smallest absolute Gasteiger partial charge is 0.241 e. The molecule has 1 atom stereocenters. The second kappa shape index (κ2) is 5.60. The van der Waals surface area contributed by atoms with Crippen molar-refractivity contribution in [1.29, 1.82) is 0 Å². The van der Waals surface area contributed by atoms with Crippen LogP contribution in [0.5, 0.6) is 5.75 Å². The molecule has 6 heteroatoms. The van der Waals surface area contributed by atoms with Crippen molar-refractivity contribution < 1.29 is 9.26 Å². The molecule has 6 nitrogen and oxygen atoms in total. The van der Waals surface area contributed by atoms with E-state index in [1.54, 1.807) is 7.11 Å². The van der Waals surface area contributed by atoms with E-state index < -0.39 is 0 Å². The Morgan fingerprint density at radius 3 is 2.85 bits per heavy atom. The highest BCUT2D eigenvalue weighted by Crippen LogP contribution is 2.20. The summed E-state index contributed by atoms with van der Waals surface area (Å²) in [5, 5.41) is 4.02. The van der Waals surface area contributed by atoms with Crippen LogP contribution in [0.4, 0.5) is 0 Å². The van der Waals surface area contributed by atoms with E-state index in [2.05, 4.69) is 15.0 Å². The van der Waals surface area contributed by atoms with E-state index in [4.69, 9.17) is 15.0 Å². The molecule has 2 aromatic rings. The van der Waals surface area contributed by atoms with Gasteiger partial charge in [0, 0.05) is 24.7 Å². The second-order valence-corrected chi connectivity index (χ2v) is 5.02. The second-order valence-electron chi connectivity index (χ2n) is 5.02. The van der Waals surface area contributed by atoms with Crippen LogP contribution in [0.15, 0.2) is 28.8 Å². The predicted octanol–water partition coefficient (Wildman–Crippen LogP) is 1.28. The molecule has 0 unspecified atom stereocenters. The Hall–Kier alpha value is -1.92. The van der Waals surface area contributed by atoms with Gasteiger partial charge in [-0.25, -0.2) is 0 Å². The van der Waals surface area contributed by atoms with Crippen molar-refractivity contribution in [2.75, 3.05) is 20.2 Å². The standard InChI is InChI=1S/C14H18N4O2/c1-19-12-4-2-10(3-5-12)14-16-13(20-17-14)9-18-7-6-11(15)8-18/h2-5,11H,6-9,15H2,1H3/t11-/m1/s1. The van der Waals surface area contributed by atoms with Gasteiger partial charge in [0.15, 0.2) is 0 Å². The molecule has 0 saturated carbocycles. The number of ether oxygens (including phenoxy) is 1. The van der Waals surface area contributed by atoms with Crippen molar-refractivity contribution in [2.45, 2.75) is 19.0 Å². The lowest BCUT2D eigenvalue weighted by atomic mass is 10.2. The lowest BCUT2D eigenvalue weighted by Gasteiger charge is -2.10. The van der Waals surface area contributed by atoms with E-state index in [9.17, 15) is 0 Å². The quantitative estimate of drug-likeness (QED) is 0.905. The number of likely N-dealkylation sites (tertiary alicyclic amines) is 1. The summed E-state index contributed by atoms with van der Waals surface area (Å²) < 4.78 is 10.4. The normalized spacial score (nSPS) is 19.4. The first-order chi connectivity index (χ1) is 9.74. The van der Waals surface area contributed by atoms with Gasteiger partial charge in [-0.1, -0.05) is 5.16 Å². The van der Waals surface area contributed by atoms with Crippen molar-refractivity contribution in [3.63, 3.8) is 0 Å². The van der Waals surface area contributed by atoms with Crippen LogP contribution in [-0.4, -0.2) is 41.3 Å². The lowest BCUT2D eigenvalue weighted by Crippen LogP contribution is -2.26. The van der Waals surface area contributed by atoms with E-state index in [-0.39, 0.29) is 6.04 Å². The summed E-state index contributed by atoms with van der Waals surface area (Å²) in [4.78, 5) is 6.66. The minimum absolute atomic E-state index is 0.263. The molecule has 1 aromatic carbocycles. The average Bonchev–Trinajstić information content (AvgIpc) is 3.09. The molecule has 1 aliphatic rings. The summed E-state index contributed by atoms with van der Waals surface area (Å²) >= 11 is 0. The van der Waals surface area contributed by atoms with E-state index in [0.29, 0.717) is 18.3 Å². The van der Waals surface area contributed by atoms with Gasteiger partial charge in [-0.3, -0.25) is 4.90 Å². The van der Waals surface area contributed by atoms with Gasteiger partial charge in [-0.05, 0) is 30.7 Å².